The lowest BCUT2D eigenvalue weighted by atomic mass is 10.0. The number of benzene rings is 2. The molecule has 166 valence electrons. The van der Waals surface area contributed by atoms with E-state index < -0.39 is 5.25 Å². The van der Waals surface area contributed by atoms with Gasteiger partial charge in [0.15, 0.2) is 5.17 Å². The number of nitrogens with one attached hydrogen (secondary N) is 1. The van der Waals surface area contributed by atoms with Gasteiger partial charge in [0.25, 0.3) is 5.91 Å². The molecule has 2 atom stereocenters. The predicted octanol–water partition coefficient (Wildman–Crippen LogP) is 5.58. The van der Waals surface area contributed by atoms with Crippen molar-refractivity contribution in [2.24, 2.45) is 10.1 Å². The van der Waals surface area contributed by atoms with Gasteiger partial charge in [-0.3, -0.25) is 9.59 Å². The van der Waals surface area contributed by atoms with Gasteiger partial charge in [0.1, 0.15) is 5.25 Å². The fraction of sp³-hybridized carbons (Fsp3) is 0.167. The molecule has 0 spiro atoms. The third-order valence-corrected chi connectivity index (χ3v) is 7.64. The lowest BCUT2D eigenvalue weighted by molar-refractivity contribution is -0.121. The van der Waals surface area contributed by atoms with Gasteiger partial charge in [0.05, 0.1) is 16.6 Å². The first-order valence-electron chi connectivity index (χ1n) is 10.4. The molecule has 1 N–H and O–H groups in total. The molecule has 0 fully saturated rings. The number of aliphatic imine (C=N–C) groups is 1. The number of hydrogen-bond acceptors (Lipinski definition) is 6. The smallest absolute Gasteiger partial charge is 0.262 e. The van der Waals surface area contributed by atoms with E-state index in [-0.39, 0.29) is 24.3 Å². The Hall–Kier alpha value is -2.94. The molecule has 3 heterocycles. The largest absolute Gasteiger partial charge is 0.326 e. The number of hydrazone groups is 1. The summed E-state index contributed by atoms with van der Waals surface area (Å²) in [5, 5.41) is 12.1. The first-order chi connectivity index (χ1) is 16.1. The predicted molar refractivity (Wildman–Crippen MR) is 135 cm³/mol. The van der Waals surface area contributed by atoms with Crippen molar-refractivity contribution in [3.63, 3.8) is 0 Å². The Labute approximate surface area is 204 Å². The molecule has 0 aliphatic carbocycles. The molecule has 2 aromatic carbocycles. The number of nitrogens with zero attached hydrogens (tertiary/aromatic N) is 3. The minimum Gasteiger partial charge on any atom is -0.326 e. The third kappa shape index (κ3) is 4.88. The van der Waals surface area contributed by atoms with Crippen molar-refractivity contribution >= 4 is 63.1 Å². The van der Waals surface area contributed by atoms with E-state index in [4.69, 9.17) is 16.7 Å². The second-order valence-corrected chi connectivity index (χ2v) is 10.2. The highest BCUT2D eigenvalue weighted by Gasteiger charge is 2.39. The summed E-state index contributed by atoms with van der Waals surface area (Å²) in [6.45, 7) is 0. The van der Waals surface area contributed by atoms with Crippen LogP contribution in [0.1, 0.15) is 29.3 Å². The monoisotopic (exact) mass is 494 g/mol. The van der Waals surface area contributed by atoms with Crippen LogP contribution in [0.2, 0.25) is 5.02 Å². The van der Waals surface area contributed by atoms with Crippen molar-refractivity contribution in [3.8, 4) is 0 Å². The van der Waals surface area contributed by atoms with Crippen molar-refractivity contribution in [1.82, 2.24) is 5.01 Å². The standard InChI is InChI=1S/C24H19ClN4O2S2/c25-16-8-10-17(11-9-16)26-22(30)14-21-23(31)27-24(33-21)29-19(15-5-2-1-3-6-15)13-18(28-29)20-7-4-12-32-20/h1-12,19,21H,13-14H2,(H,26,30)/t19-,21+/m1/s1. The Morgan fingerprint density at radius 2 is 1.88 bits per heavy atom. The van der Waals surface area contributed by atoms with Gasteiger partial charge >= 0.3 is 0 Å². The van der Waals surface area contributed by atoms with Crippen LogP contribution in [0.15, 0.2) is 82.2 Å². The van der Waals surface area contributed by atoms with Crippen LogP contribution in [0.25, 0.3) is 0 Å². The molecule has 0 saturated heterocycles. The van der Waals surface area contributed by atoms with E-state index >= 15 is 0 Å². The van der Waals surface area contributed by atoms with E-state index in [1.165, 1.54) is 11.8 Å². The quantitative estimate of drug-likeness (QED) is 0.502. The number of amidine groups is 1. The van der Waals surface area contributed by atoms with E-state index in [1.807, 2.05) is 40.7 Å². The van der Waals surface area contributed by atoms with Crippen molar-refractivity contribution in [2.75, 3.05) is 5.32 Å². The number of carbonyl (C=O) groups excluding carboxylic acids is 2. The Kier molecular flexibility index (Phi) is 6.30. The summed E-state index contributed by atoms with van der Waals surface area (Å²) in [5.41, 5.74) is 2.71. The Morgan fingerprint density at radius 3 is 2.61 bits per heavy atom. The van der Waals surface area contributed by atoms with Crippen LogP contribution in [0.3, 0.4) is 0 Å². The summed E-state index contributed by atoms with van der Waals surface area (Å²) in [6.07, 6.45) is 0.754. The fourth-order valence-electron chi connectivity index (χ4n) is 3.73. The lowest BCUT2D eigenvalue weighted by Crippen LogP contribution is -2.25. The number of rotatable bonds is 5. The number of amides is 2. The SMILES string of the molecule is O=C(C[C@@H]1SC(N2N=C(c3cccs3)C[C@@H]2c2ccccc2)=NC1=O)Nc1ccc(Cl)cc1. The molecule has 0 saturated carbocycles. The maximum Gasteiger partial charge on any atom is 0.262 e. The summed E-state index contributed by atoms with van der Waals surface area (Å²) in [4.78, 5) is 30.6. The minimum absolute atomic E-state index is 0.0322. The first-order valence-corrected chi connectivity index (χ1v) is 12.5. The van der Waals surface area contributed by atoms with E-state index in [1.54, 1.807) is 35.6 Å². The molecule has 0 bridgehead atoms. The van der Waals surface area contributed by atoms with Crippen LogP contribution in [0.5, 0.6) is 0 Å². The summed E-state index contributed by atoms with van der Waals surface area (Å²) >= 11 is 8.83. The van der Waals surface area contributed by atoms with Crippen LogP contribution >= 0.6 is 34.7 Å². The maximum absolute atomic E-state index is 12.6. The van der Waals surface area contributed by atoms with Gasteiger partial charge in [-0.05, 0) is 41.3 Å². The normalized spacial score (nSPS) is 20.0. The minimum atomic E-state index is -0.579. The molecule has 9 heteroatoms. The number of carbonyl (C=O) groups is 2. The molecule has 3 aromatic rings. The number of halogens is 1. The van der Waals surface area contributed by atoms with Crippen molar-refractivity contribution in [1.29, 1.82) is 0 Å². The molecule has 5 rings (SSSR count). The van der Waals surface area contributed by atoms with Crippen LogP contribution in [0.4, 0.5) is 5.69 Å². The Bertz CT molecular complexity index is 1230. The van der Waals surface area contributed by atoms with E-state index in [0.29, 0.717) is 15.9 Å². The summed E-state index contributed by atoms with van der Waals surface area (Å²) < 4.78 is 0. The molecular formula is C24H19ClN4O2S2. The summed E-state index contributed by atoms with van der Waals surface area (Å²) in [6, 6.07) is 20.9. The zero-order valence-electron chi connectivity index (χ0n) is 17.3. The van der Waals surface area contributed by atoms with Gasteiger partial charge in [0, 0.05) is 23.6 Å². The molecule has 33 heavy (non-hydrogen) atoms. The molecule has 2 aliphatic rings. The van der Waals surface area contributed by atoms with Gasteiger partial charge in [-0.25, -0.2) is 5.01 Å². The Morgan fingerprint density at radius 1 is 1.09 bits per heavy atom. The van der Waals surface area contributed by atoms with E-state index in [0.717, 1.165) is 22.6 Å². The molecule has 1 aromatic heterocycles. The number of hydrogen-bond donors (Lipinski definition) is 1. The van der Waals surface area contributed by atoms with Gasteiger partial charge in [-0.1, -0.05) is 59.8 Å². The number of anilines is 1. The summed E-state index contributed by atoms with van der Waals surface area (Å²) in [5.74, 6) is -0.559. The highest BCUT2D eigenvalue weighted by molar-refractivity contribution is 8.15. The fourth-order valence-corrected chi connectivity index (χ4v) is 5.64. The number of thiophene rings is 1. The second-order valence-electron chi connectivity index (χ2n) is 7.60. The molecule has 0 radical (unpaired) electrons. The molecule has 2 aliphatic heterocycles. The highest BCUT2D eigenvalue weighted by Crippen LogP contribution is 2.39. The summed E-state index contributed by atoms with van der Waals surface area (Å²) in [7, 11) is 0. The van der Waals surface area contributed by atoms with Gasteiger partial charge < -0.3 is 5.32 Å². The average molecular weight is 495 g/mol. The molecule has 6 nitrogen and oxygen atoms in total. The van der Waals surface area contributed by atoms with E-state index in [9.17, 15) is 9.59 Å². The van der Waals surface area contributed by atoms with Gasteiger partial charge in [-0.2, -0.15) is 10.1 Å². The average Bonchev–Trinajstić information content (AvgIpc) is 3.56. The molecule has 0 unspecified atom stereocenters. The second kappa shape index (κ2) is 9.51. The first kappa shape index (κ1) is 21.9. The zero-order valence-corrected chi connectivity index (χ0v) is 19.7. The van der Waals surface area contributed by atoms with E-state index in [2.05, 4.69) is 22.4 Å². The Balaban J connectivity index is 1.32. The van der Waals surface area contributed by atoms with Crippen LogP contribution in [-0.2, 0) is 9.59 Å². The van der Waals surface area contributed by atoms with Crippen molar-refractivity contribution < 1.29 is 9.59 Å². The van der Waals surface area contributed by atoms with Crippen molar-refractivity contribution in [2.45, 2.75) is 24.1 Å². The number of thioether (sulfide) groups is 1. The molecule has 2 amide bonds. The highest BCUT2D eigenvalue weighted by atomic mass is 35.5. The van der Waals surface area contributed by atoms with Crippen LogP contribution in [0, 0.1) is 0 Å². The maximum atomic E-state index is 12.6. The van der Waals surface area contributed by atoms with Gasteiger partial charge in [0.2, 0.25) is 5.91 Å². The van der Waals surface area contributed by atoms with Crippen LogP contribution < -0.4 is 5.32 Å². The van der Waals surface area contributed by atoms with Crippen molar-refractivity contribution in [3.05, 3.63) is 87.6 Å². The topological polar surface area (TPSA) is 74.1 Å². The van der Waals surface area contributed by atoms with Crippen LogP contribution in [-0.4, -0.2) is 33.0 Å². The van der Waals surface area contributed by atoms with Gasteiger partial charge in [-0.15, -0.1) is 11.3 Å². The third-order valence-electron chi connectivity index (χ3n) is 5.32. The zero-order chi connectivity index (χ0) is 22.8. The molecular weight excluding hydrogens is 476 g/mol. The lowest BCUT2D eigenvalue weighted by Gasteiger charge is -2.23.